The van der Waals surface area contributed by atoms with Crippen LogP contribution in [0.5, 0.6) is 0 Å². The summed E-state index contributed by atoms with van der Waals surface area (Å²) in [6.07, 6.45) is 2.13. The predicted octanol–water partition coefficient (Wildman–Crippen LogP) is 2.40. The molecule has 8 heteroatoms. The summed E-state index contributed by atoms with van der Waals surface area (Å²) in [5.74, 6) is -1.28. The summed E-state index contributed by atoms with van der Waals surface area (Å²) < 4.78 is 27.1. The van der Waals surface area contributed by atoms with E-state index in [0.29, 0.717) is 12.1 Å². The van der Waals surface area contributed by atoms with Crippen LogP contribution < -0.4 is 10.0 Å². The number of nitrogens with one attached hydrogen (secondary N) is 2. The van der Waals surface area contributed by atoms with Gasteiger partial charge < -0.3 is 10.4 Å². The van der Waals surface area contributed by atoms with Crippen molar-refractivity contribution in [3.8, 4) is 0 Å². The van der Waals surface area contributed by atoms with Crippen molar-refractivity contribution in [3.05, 3.63) is 59.7 Å². The molecule has 0 spiro atoms. The molecule has 3 rings (SSSR count). The maximum atomic E-state index is 12.4. The molecule has 142 valence electrons. The van der Waals surface area contributed by atoms with Gasteiger partial charge in [-0.15, -0.1) is 0 Å². The minimum absolute atomic E-state index is 0.00729. The highest BCUT2D eigenvalue weighted by atomic mass is 32.2. The van der Waals surface area contributed by atoms with Gasteiger partial charge in [-0.05, 0) is 55.2 Å². The largest absolute Gasteiger partial charge is 0.481 e. The van der Waals surface area contributed by atoms with E-state index in [1.165, 1.54) is 18.2 Å². The molecule has 0 unspecified atom stereocenters. The van der Waals surface area contributed by atoms with Crippen molar-refractivity contribution in [2.75, 3.05) is 5.32 Å². The summed E-state index contributed by atoms with van der Waals surface area (Å²) in [4.78, 5) is 23.1. The molecule has 2 aromatic rings. The Morgan fingerprint density at radius 1 is 1.07 bits per heavy atom. The zero-order valence-corrected chi connectivity index (χ0v) is 15.3. The summed E-state index contributed by atoms with van der Waals surface area (Å²) >= 11 is 0. The van der Waals surface area contributed by atoms with Gasteiger partial charge in [0.05, 0.1) is 4.90 Å². The molecule has 27 heavy (non-hydrogen) atoms. The first-order chi connectivity index (χ1) is 12.8. The topological polar surface area (TPSA) is 113 Å². The first-order valence-corrected chi connectivity index (χ1v) is 10.1. The number of hydrogen-bond acceptors (Lipinski definition) is 4. The number of hydrogen-bond donors (Lipinski definition) is 3. The average molecular weight is 388 g/mol. The number of carboxylic acid groups (broad SMARTS) is 1. The van der Waals surface area contributed by atoms with Gasteiger partial charge in [-0.1, -0.05) is 18.2 Å². The third-order valence-corrected chi connectivity index (χ3v) is 5.66. The fourth-order valence-corrected chi connectivity index (χ4v) is 3.85. The van der Waals surface area contributed by atoms with Crippen LogP contribution in [0.2, 0.25) is 0 Å². The van der Waals surface area contributed by atoms with Crippen molar-refractivity contribution in [2.45, 2.75) is 36.6 Å². The number of amides is 1. The molecule has 0 radical (unpaired) electrons. The lowest BCUT2D eigenvalue weighted by atomic mass is 10.1. The number of aryl methyl sites for hydroxylation is 1. The second kappa shape index (κ2) is 7.89. The molecule has 1 aliphatic carbocycles. The molecule has 0 aromatic heterocycles. The van der Waals surface area contributed by atoms with E-state index in [2.05, 4.69) is 10.0 Å². The second-order valence-electron chi connectivity index (χ2n) is 6.47. The highest BCUT2D eigenvalue weighted by molar-refractivity contribution is 7.89. The maximum Gasteiger partial charge on any atom is 0.303 e. The Morgan fingerprint density at radius 3 is 2.41 bits per heavy atom. The molecule has 1 amide bonds. The van der Waals surface area contributed by atoms with E-state index in [1.54, 1.807) is 30.3 Å². The molecule has 3 N–H and O–H groups in total. The van der Waals surface area contributed by atoms with Gasteiger partial charge >= 0.3 is 5.97 Å². The van der Waals surface area contributed by atoms with Crippen molar-refractivity contribution in [3.63, 3.8) is 0 Å². The summed E-state index contributed by atoms with van der Waals surface area (Å²) in [5.41, 5.74) is 1.64. The van der Waals surface area contributed by atoms with E-state index in [0.717, 1.165) is 18.4 Å². The Balaban J connectivity index is 1.67. The number of carbonyl (C=O) groups is 2. The minimum atomic E-state index is -3.62. The van der Waals surface area contributed by atoms with E-state index in [1.807, 2.05) is 0 Å². The zero-order chi connectivity index (χ0) is 19.4. The quantitative estimate of drug-likeness (QED) is 0.643. The van der Waals surface area contributed by atoms with Crippen molar-refractivity contribution in [2.24, 2.45) is 0 Å². The number of rotatable bonds is 8. The van der Waals surface area contributed by atoms with Crippen LogP contribution in [0.15, 0.2) is 53.4 Å². The van der Waals surface area contributed by atoms with Crippen LogP contribution in [0.25, 0.3) is 0 Å². The van der Waals surface area contributed by atoms with Crippen LogP contribution in [-0.4, -0.2) is 31.4 Å². The van der Waals surface area contributed by atoms with Crippen LogP contribution in [0, 0.1) is 0 Å². The van der Waals surface area contributed by atoms with E-state index in [4.69, 9.17) is 5.11 Å². The maximum absolute atomic E-state index is 12.4. The van der Waals surface area contributed by atoms with Gasteiger partial charge in [0, 0.05) is 23.7 Å². The molecule has 1 fully saturated rings. The second-order valence-corrected chi connectivity index (χ2v) is 8.18. The number of aliphatic carboxylic acids is 1. The number of sulfonamides is 1. The Labute approximate surface area is 157 Å². The SMILES string of the molecule is O=C(O)CCc1ccc(NC(=O)c2cccc(S(=O)(=O)NC3CC3)c2)cc1. The van der Waals surface area contributed by atoms with Crippen LogP contribution in [0.1, 0.15) is 35.2 Å². The molecular formula is C19H20N2O5S. The normalized spacial score (nSPS) is 13.9. The fraction of sp³-hybridized carbons (Fsp3) is 0.263. The molecule has 7 nitrogen and oxygen atoms in total. The molecule has 0 saturated heterocycles. The molecule has 1 aliphatic rings. The third kappa shape index (κ3) is 5.38. The molecule has 0 aliphatic heterocycles. The van der Waals surface area contributed by atoms with Crippen molar-refractivity contribution >= 4 is 27.6 Å². The standard InChI is InChI=1S/C19H20N2O5S/c22-18(23)11-6-13-4-7-15(8-5-13)20-19(24)14-2-1-3-17(12-14)27(25,26)21-16-9-10-16/h1-5,7-8,12,16,21H,6,9-11H2,(H,20,24)(H,22,23). The highest BCUT2D eigenvalue weighted by Crippen LogP contribution is 2.22. The van der Waals surface area contributed by atoms with Crippen LogP contribution >= 0.6 is 0 Å². The van der Waals surface area contributed by atoms with E-state index < -0.39 is 21.9 Å². The zero-order valence-electron chi connectivity index (χ0n) is 14.5. The van der Waals surface area contributed by atoms with Gasteiger partial charge in [0.15, 0.2) is 0 Å². The number of carboxylic acids is 1. The fourth-order valence-electron chi connectivity index (χ4n) is 2.50. The van der Waals surface area contributed by atoms with E-state index in [9.17, 15) is 18.0 Å². The Bertz CT molecular complexity index is 950. The van der Waals surface area contributed by atoms with Gasteiger partial charge in [0.1, 0.15) is 0 Å². The van der Waals surface area contributed by atoms with Crippen molar-refractivity contribution in [1.82, 2.24) is 4.72 Å². The lowest BCUT2D eigenvalue weighted by molar-refractivity contribution is -0.136. The van der Waals surface area contributed by atoms with Gasteiger partial charge in [-0.25, -0.2) is 13.1 Å². The van der Waals surface area contributed by atoms with Gasteiger partial charge in [-0.2, -0.15) is 0 Å². The Morgan fingerprint density at radius 2 is 1.78 bits per heavy atom. The van der Waals surface area contributed by atoms with Gasteiger partial charge in [-0.3, -0.25) is 9.59 Å². The van der Waals surface area contributed by atoms with Crippen molar-refractivity contribution < 1.29 is 23.1 Å². The number of carbonyl (C=O) groups excluding carboxylic acids is 1. The molecule has 0 atom stereocenters. The first-order valence-electron chi connectivity index (χ1n) is 8.58. The van der Waals surface area contributed by atoms with E-state index in [-0.39, 0.29) is 22.9 Å². The first kappa shape index (κ1) is 19.1. The van der Waals surface area contributed by atoms with Gasteiger partial charge in [0.2, 0.25) is 10.0 Å². The monoisotopic (exact) mass is 388 g/mol. The lowest BCUT2D eigenvalue weighted by Gasteiger charge is -2.09. The lowest BCUT2D eigenvalue weighted by Crippen LogP contribution is -2.26. The smallest absolute Gasteiger partial charge is 0.303 e. The van der Waals surface area contributed by atoms with Crippen LogP contribution in [0.3, 0.4) is 0 Å². The van der Waals surface area contributed by atoms with Crippen molar-refractivity contribution in [1.29, 1.82) is 0 Å². The average Bonchev–Trinajstić information content (AvgIpc) is 3.44. The number of benzene rings is 2. The summed E-state index contributed by atoms with van der Waals surface area (Å²) in [6.45, 7) is 0. The van der Waals surface area contributed by atoms with Crippen LogP contribution in [0.4, 0.5) is 5.69 Å². The highest BCUT2D eigenvalue weighted by Gasteiger charge is 2.28. The summed E-state index contributed by atoms with van der Waals surface area (Å²) in [7, 11) is -3.62. The Hall–Kier alpha value is -2.71. The molecule has 1 saturated carbocycles. The summed E-state index contributed by atoms with van der Waals surface area (Å²) in [6, 6.07) is 12.7. The van der Waals surface area contributed by atoms with Gasteiger partial charge in [0.25, 0.3) is 5.91 Å². The van der Waals surface area contributed by atoms with E-state index >= 15 is 0 Å². The Kier molecular flexibility index (Phi) is 5.57. The molecule has 2 aromatic carbocycles. The minimum Gasteiger partial charge on any atom is -0.481 e. The molecule has 0 bridgehead atoms. The van der Waals surface area contributed by atoms with Crippen LogP contribution in [-0.2, 0) is 21.2 Å². The third-order valence-electron chi connectivity index (χ3n) is 4.15. The summed E-state index contributed by atoms with van der Waals surface area (Å²) in [5, 5.41) is 11.4. The predicted molar refractivity (Wildman–Crippen MR) is 100 cm³/mol. The molecule has 0 heterocycles. The molecular weight excluding hydrogens is 368 g/mol. The number of anilines is 1.